The summed E-state index contributed by atoms with van der Waals surface area (Å²) in [6.07, 6.45) is 0. The average molecular weight is 549 g/mol. The lowest BCUT2D eigenvalue weighted by molar-refractivity contribution is 1.29. The number of nitrogens with zero attached hydrogens (tertiary/aromatic N) is 1. The number of thiophene rings is 2. The van der Waals surface area contributed by atoms with Gasteiger partial charge in [-0.1, -0.05) is 66.7 Å². The molecule has 0 aliphatic carbocycles. The van der Waals surface area contributed by atoms with Crippen molar-refractivity contribution in [2.75, 3.05) is 10.2 Å². The number of benzene rings is 6. The Morgan fingerprint density at radius 2 is 0.975 bits per heavy atom. The van der Waals surface area contributed by atoms with Crippen molar-refractivity contribution in [1.29, 1.82) is 0 Å². The molecular weight excluding hydrogens is 525 g/mol. The van der Waals surface area contributed by atoms with Crippen molar-refractivity contribution in [3.63, 3.8) is 0 Å². The second-order valence-corrected chi connectivity index (χ2v) is 12.1. The van der Waals surface area contributed by atoms with E-state index in [0.29, 0.717) is 0 Å². The second kappa shape index (κ2) is 9.53. The van der Waals surface area contributed by atoms with Gasteiger partial charge >= 0.3 is 0 Å². The Hall–Kier alpha value is -4.64. The molecule has 40 heavy (non-hydrogen) atoms. The van der Waals surface area contributed by atoms with Crippen molar-refractivity contribution in [2.24, 2.45) is 0 Å². The summed E-state index contributed by atoms with van der Waals surface area (Å²) >= 11 is 3.70. The van der Waals surface area contributed by atoms with E-state index in [1.165, 1.54) is 40.3 Å². The van der Waals surface area contributed by atoms with Crippen molar-refractivity contribution < 1.29 is 0 Å². The molecule has 0 saturated carbocycles. The maximum absolute atomic E-state index is 3.67. The van der Waals surface area contributed by atoms with E-state index >= 15 is 0 Å². The van der Waals surface area contributed by atoms with Gasteiger partial charge in [-0.2, -0.15) is 0 Å². The minimum Gasteiger partial charge on any atom is -0.355 e. The highest BCUT2D eigenvalue weighted by Crippen LogP contribution is 2.41. The maximum atomic E-state index is 3.67. The van der Waals surface area contributed by atoms with Crippen molar-refractivity contribution in [3.8, 4) is 0 Å². The predicted octanol–water partition coefficient (Wildman–Crippen LogP) is 11.6. The second-order valence-electron chi connectivity index (χ2n) is 9.93. The van der Waals surface area contributed by atoms with Crippen LogP contribution < -0.4 is 10.2 Å². The molecule has 0 aliphatic heterocycles. The first-order chi connectivity index (χ1) is 19.8. The van der Waals surface area contributed by atoms with Crippen LogP contribution in [0.15, 0.2) is 140 Å². The zero-order valence-corrected chi connectivity index (χ0v) is 23.2. The molecule has 4 heteroatoms. The number of nitrogens with one attached hydrogen (secondary N) is 1. The highest BCUT2D eigenvalue weighted by molar-refractivity contribution is 7.26. The van der Waals surface area contributed by atoms with Crippen LogP contribution in [0.2, 0.25) is 0 Å². The Labute approximate surface area is 240 Å². The van der Waals surface area contributed by atoms with Gasteiger partial charge in [0.2, 0.25) is 0 Å². The molecule has 0 spiro atoms. The molecule has 0 saturated heterocycles. The van der Waals surface area contributed by atoms with Crippen molar-refractivity contribution in [2.45, 2.75) is 0 Å². The van der Waals surface area contributed by atoms with Crippen LogP contribution >= 0.6 is 22.7 Å². The fourth-order valence-electron chi connectivity index (χ4n) is 5.57. The third-order valence-corrected chi connectivity index (χ3v) is 9.69. The summed E-state index contributed by atoms with van der Waals surface area (Å²) in [5.74, 6) is 0. The molecule has 2 aromatic heterocycles. The van der Waals surface area contributed by atoms with Gasteiger partial charge in [0.25, 0.3) is 0 Å². The molecule has 0 radical (unpaired) electrons. The minimum absolute atomic E-state index is 1.06. The van der Waals surface area contributed by atoms with Gasteiger partial charge < -0.3 is 10.2 Å². The molecule has 0 unspecified atom stereocenters. The van der Waals surface area contributed by atoms with Crippen LogP contribution in [0.4, 0.5) is 28.4 Å². The number of rotatable bonds is 5. The zero-order chi connectivity index (χ0) is 26.5. The predicted molar refractivity (Wildman–Crippen MR) is 177 cm³/mol. The summed E-state index contributed by atoms with van der Waals surface area (Å²) in [5, 5.41) is 8.91. The van der Waals surface area contributed by atoms with Gasteiger partial charge in [0.05, 0.1) is 0 Å². The normalized spacial score (nSPS) is 11.5. The number of hydrogen-bond acceptors (Lipinski definition) is 4. The third kappa shape index (κ3) is 4.01. The zero-order valence-electron chi connectivity index (χ0n) is 21.5. The summed E-state index contributed by atoms with van der Waals surface area (Å²) in [6.45, 7) is 0. The highest BCUT2D eigenvalue weighted by atomic mass is 32.1. The molecule has 0 fully saturated rings. The van der Waals surface area contributed by atoms with E-state index in [-0.39, 0.29) is 0 Å². The van der Waals surface area contributed by atoms with E-state index in [4.69, 9.17) is 0 Å². The fourth-order valence-corrected chi connectivity index (χ4v) is 7.80. The van der Waals surface area contributed by atoms with E-state index in [9.17, 15) is 0 Å². The number of anilines is 5. The van der Waals surface area contributed by atoms with E-state index in [1.54, 1.807) is 0 Å². The van der Waals surface area contributed by atoms with Crippen LogP contribution in [-0.2, 0) is 0 Å². The Morgan fingerprint density at radius 1 is 0.375 bits per heavy atom. The summed E-state index contributed by atoms with van der Waals surface area (Å²) in [7, 11) is 0. The number of para-hydroxylation sites is 1. The lowest BCUT2D eigenvalue weighted by atomic mass is 10.1. The van der Waals surface area contributed by atoms with Gasteiger partial charge in [0.15, 0.2) is 0 Å². The molecule has 0 bridgehead atoms. The largest absolute Gasteiger partial charge is 0.355 e. The van der Waals surface area contributed by atoms with Crippen LogP contribution in [0.25, 0.3) is 40.3 Å². The lowest BCUT2D eigenvalue weighted by Gasteiger charge is -2.26. The molecule has 8 aromatic rings. The SMILES string of the molecule is c1ccc(N(c2cccc(Nc3ccc4c(c3)sc3ccccc34)c2)c2ccc3sc4ccccc4c3c2)cc1. The Kier molecular flexibility index (Phi) is 5.54. The molecule has 0 amide bonds. The third-order valence-electron chi connectivity index (χ3n) is 7.40. The van der Waals surface area contributed by atoms with Crippen LogP contribution in [-0.4, -0.2) is 0 Å². The first-order valence-corrected chi connectivity index (χ1v) is 15.0. The van der Waals surface area contributed by atoms with Crippen molar-refractivity contribution in [1.82, 2.24) is 0 Å². The van der Waals surface area contributed by atoms with Gasteiger partial charge in [0.1, 0.15) is 0 Å². The van der Waals surface area contributed by atoms with E-state index in [0.717, 1.165) is 28.4 Å². The maximum Gasteiger partial charge on any atom is 0.0482 e. The molecule has 190 valence electrons. The monoisotopic (exact) mass is 548 g/mol. The lowest BCUT2D eigenvalue weighted by Crippen LogP contribution is -2.10. The molecular formula is C36H24N2S2. The van der Waals surface area contributed by atoms with Crippen molar-refractivity contribution in [3.05, 3.63) is 140 Å². The first kappa shape index (κ1) is 23.3. The van der Waals surface area contributed by atoms with Crippen LogP contribution in [0.5, 0.6) is 0 Å². The van der Waals surface area contributed by atoms with Gasteiger partial charge in [-0.05, 0) is 72.8 Å². The minimum atomic E-state index is 1.06. The first-order valence-electron chi connectivity index (χ1n) is 13.4. The molecule has 2 nitrogen and oxygen atoms in total. The van der Waals surface area contributed by atoms with E-state index in [2.05, 4.69) is 150 Å². The molecule has 8 rings (SSSR count). The van der Waals surface area contributed by atoms with E-state index in [1.807, 2.05) is 22.7 Å². The quantitative estimate of drug-likeness (QED) is 0.230. The molecule has 6 aromatic carbocycles. The number of hydrogen-bond donors (Lipinski definition) is 1. The van der Waals surface area contributed by atoms with Crippen LogP contribution in [0, 0.1) is 0 Å². The fraction of sp³-hybridized carbons (Fsp3) is 0. The van der Waals surface area contributed by atoms with E-state index < -0.39 is 0 Å². The van der Waals surface area contributed by atoms with Crippen molar-refractivity contribution >= 4 is 91.5 Å². The highest BCUT2D eigenvalue weighted by Gasteiger charge is 2.15. The molecule has 0 aliphatic rings. The van der Waals surface area contributed by atoms with Crippen LogP contribution in [0.1, 0.15) is 0 Å². The smallest absolute Gasteiger partial charge is 0.0482 e. The summed E-state index contributed by atoms with van der Waals surface area (Å²) in [5.41, 5.74) is 5.53. The van der Waals surface area contributed by atoms with Gasteiger partial charge in [0, 0.05) is 68.8 Å². The standard InChI is InChI=1S/C36H24N2S2/c1-2-10-26(11-3-1)38(28-18-20-35-32(23-28)30-14-5-7-16-34(30)39-35)27-12-8-9-24(21-27)37-25-17-19-31-29-13-4-6-15-33(29)40-36(31)22-25/h1-23,37H. The molecule has 2 heterocycles. The Bertz CT molecular complexity index is 2160. The van der Waals surface area contributed by atoms with Gasteiger partial charge in [-0.25, -0.2) is 0 Å². The topological polar surface area (TPSA) is 15.3 Å². The molecule has 1 N–H and O–H groups in total. The summed E-state index contributed by atoms with van der Waals surface area (Å²) in [6, 6.07) is 50.1. The Morgan fingerprint density at radius 3 is 1.80 bits per heavy atom. The number of fused-ring (bicyclic) bond motifs is 6. The molecule has 0 atom stereocenters. The van der Waals surface area contributed by atoms with Gasteiger partial charge in [-0.15, -0.1) is 22.7 Å². The Balaban J connectivity index is 1.20. The summed E-state index contributed by atoms with van der Waals surface area (Å²) < 4.78 is 5.25. The van der Waals surface area contributed by atoms with Crippen LogP contribution in [0.3, 0.4) is 0 Å². The summed E-state index contributed by atoms with van der Waals surface area (Å²) in [4.78, 5) is 2.34. The van der Waals surface area contributed by atoms with Gasteiger partial charge in [-0.3, -0.25) is 0 Å². The average Bonchev–Trinajstić information content (AvgIpc) is 3.56.